The van der Waals surface area contributed by atoms with Crippen LogP contribution in [0.1, 0.15) is 0 Å². The van der Waals surface area contributed by atoms with Crippen molar-refractivity contribution in [1.29, 1.82) is 0 Å². The van der Waals surface area contributed by atoms with Crippen LogP contribution in [0.3, 0.4) is 0 Å². The van der Waals surface area contributed by atoms with Crippen molar-refractivity contribution < 1.29 is 8.83 Å². The molecular weight excluding hydrogens is 697 g/mol. The lowest BCUT2D eigenvalue weighted by Gasteiger charge is -2.26. The van der Waals surface area contributed by atoms with Gasteiger partial charge in [0, 0.05) is 33.4 Å². The highest BCUT2D eigenvalue weighted by molar-refractivity contribution is 6.16. The third kappa shape index (κ3) is 5.83. The molecule has 4 heteroatoms. The number of hydrogen-bond donors (Lipinski definition) is 0. The Morgan fingerprint density at radius 3 is 1.56 bits per heavy atom. The molecule has 0 fully saturated rings. The molecule has 4 nitrogen and oxygen atoms in total. The van der Waals surface area contributed by atoms with Crippen LogP contribution in [-0.4, -0.2) is 4.98 Å². The van der Waals surface area contributed by atoms with Gasteiger partial charge in [-0.25, -0.2) is 4.98 Å². The monoisotopic (exact) mass is 730 g/mol. The number of nitrogens with zero attached hydrogens (tertiary/aromatic N) is 2. The zero-order chi connectivity index (χ0) is 37.7. The molecule has 11 rings (SSSR count). The molecule has 11 aromatic rings. The van der Waals surface area contributed by atoms with E-state index in [0.29, 0.717) is 11.5 Å². The third-order valence-electron chi connectivity index (χ3n) is 10.9. The van der Waals surface area contributed by atoms with Gasteiger partial charge in [-0.2, -0.15) is 0 Å². The lowest BCUT2D eigenvalue weighted by atomic mass is 9.99. The first-order valence-corrected chi connectivity index (χ1v) is 19.2. The average molecular weight is 731 g/mol. The zero-order valence-electron chi connectivity index (χ0n) is 30.8. The molecule has 0 saturated carbocycles. The van der Waals surface area contributed by atoms with Gasteiger partial charge in [0.1, 0.15) is 16.7 Å². The number of para-hydroxylation sites is 1. The summed E-state index contributed by atoms with van der Waals surface area (Å²) >= 11 is 0. The lowest BCUT2D eigenvalue weighted by molar-refractivity contribution is 0.619. The highest BCUT2D eigenvalue weighted by Crippen LogP contribution is 2.44. The average Bonchev–Trinajstić information content (AvgIpc) is 3.88. The van der Waals surface area contributed by atoms with Crippen molar-refractivity contribution in [3.63, 3.8) is 0 Å². The molecule has 0 aliphatic rings. The van der Waals surface area contributed by atoms with Crippen molar-refractivity contribution in [3.05, 3.63) is 206 Å². The van der Waals surface area contributed by atoms with Gasteiger partial charge in [-0.1, -0.05) is 140 Å². The van der Waals surface area contributed by atoms with E-state index >= 15 is 0 Å². The van der Waals surface area contributed by atoms with Crippen molar-refractivity contribution in [1.82, 2.24) is 4.98 Å². The fourth-order valence-electron chi connectivity index (χ4n) is 8.04. The summed E-state index contributed by atoms with van der Waals surface area (Å²) in [7, 11) is 0. The number of benzene rings is 9. The van der Waals surface area contributed by atoms with Crippen LogP contribution in [0.15, 0.2) is 215 Å². The number of aromatic nitrogens is 1. The standard InChI is InChI=1S/C53H34N2O2/c1-3-11-35(12-4-1)37-21-27-43(28-22-37)55(44-29-23-38(24-30-44)42-20-19-36-13-7-8-16-41(36)33-42)45-31-25-39(26-32-45)50-51-47(46-17-9-10-18-49(46)56-51)34-48-52(50)57-53(54-48)40-14-5-2-6-15-40/h1-34H. The maximum atomic E-state index is 6.60. The van der Waals surface area contributed by atoms with E-state index in [1.165, 1.54) is 33.0 Å². The number of furan rings is 1. The van der Waals surface area contributed by atoms with Crippen molar-refractivity contribution >= 4 is 60.9 Å². The molecule has 2 heterocycles. The number of fused-ring (bicyclic) bond motifs is 5. The van der Waals surface area contributed by atoms with Gasteiger partial charge in [-0.15, -0.1) is 0 Å². The molecule has 0 amide bonds. The van der Waals surface area contributed by atoms with Gasteiger partial charge in [0.2, 0.25) is 5.89 Å². The maximum Gasteiger partial charge on any atom is 0.227 e. The van der Waals surface area contributed by atoms with Crippen LogP contribution in [0.5, 0.6) is 0 Å². The fraction of sp³-hybridized carbons (Fsp3) is 0. The Morgan fingerprint density at radius 2 is 0.877 bits per heavy atom. The van der Waals surface area contributed by atoms with E-state index in [4.69, 9.17) is 13.8 Å². The molecule has 57 heavy (non-hydrogen) atoms. The second-order valence-electron chi connectivity index (χ2n) is 14.4. The first-order chi connectivity index (χ1) is 28.2. The molecule has 0 atom stereocenters. The highest BCUT2D eigenvalue weighted by Gasteiger charge is 2.22. The predicted molar refractivity (Wildman–Crippen MR) is 235 cm³/mol. The summed E-state index contributed by atoms with van der Waals surface area (Å²) in [5.41, 5.74) is 13.8. The topological polar surface area (TPSA) is 42.4 Å². The molecule has 268 valence electrons. The van der Waals surface area contributed by atoms with E-state index < -0.39 is 0 Å². The predicted octanol–water partition coefficient (Wildman–Crippen LogP) is 15.0. The van der Waals surface area contributed by atoms with Gasteiger partial charge < -0.3 is 13.7 Å². The maximum absolute atomic E-state index is 6.60. The van der Waals surface area contributed by atoms with E-state index in [9.17, 15) is 0 Å². The minimum atomic E-state index is 0.581. The van der Waals surface area contributed by atoms with Crippen LogP contribution in [0.25, 0.3) is 88.6 Å². The van der Waals surface area contributed by atoms with E-state index in [1.54, 1.807) is 0 Å². The Hall–Kier alpha value is -7.69. The van der Waals surface area contributed by atoms with Crippen LogP contribution in [0.4, 0.5) is 17.1 Å². The quantitative estimate of drug-likeness (QED) is 0.164. The van der Waals surface area contributed by atoms with E-state index in [0.717, 1.165) is 61.2 Å². The van der Waals surface area contributed by atoms with Crippen LogP contribution < -0.4 is 4.90 Å². The van der Waals surface area contributed by atoms with Crippen molar-refractivity contribution in [3.8, 4) is 44.8 Å². The molecule has 0 saturated heterocycles. The summed E-state index contributed by atoms with van der Waals surface area (Å²) in [6, 6.07) is 72.3. The van der Waals surface area contributed by atoms with E-state index in [2.05, 4.69) is 163 Å². The summed E-state index contributed by atoms with van der Waals surface area (Å²) in [5, 5.41) is 4.53. The van der Waals surface area contributed by atoms with E-state index in [-0.39, 0.29) is 0 Å². The summed E-state index contributed by atoms with van der Waals surface area (Å²) in [6.45, 7) is 0. The van der Waals surface area contributed by atoms with Gasteiger partial charge in [-0.3, -0.25) is 0 Å². The number of rotatable bonds is 7. The van der Waals surface area contributed by atoms with Crippen LogP contribution in [0, 0.1) is 0 Å². The van der Waals surface area contributed by atoms with Gasteiger partial charge in [-0.05, 0) is 105 Å². The Labute approximate surface area is 329 Å². The Kier molecular flexibility index (Phi) is 7.78. The van der Waals surface area contributed by atoms with Gasteiger partial charge >= 0.3 is 0 Å². The van der Waals surface area contributed by atoms with Gasteiger partial charge in [0.05, 0.1) is 5.56 Å². The molecule has 0 unspecified atom stereocenters. The fourth-order valence-corrected chi connectivity index (χ4v) is 8.04. The summed E-state index contributed by atoms with van der Waals surface area (Å²) in [4.78, 5) is 7.29. The number of anilines is 3. The largest absolute Gasteiger partial charge is 0.455 e. The Balaban J connectivity index is 1.03. The summed E-state index contributed by atoms with van der Waals surface area (Å²) in [5.74, 6) is 0.581. The molecule has 0 spiro atoms. The van der Waals surface area contributed by atoms with Crippen LogP contribution in [0.2, 0.25) is 0 Å². The smallest absolute Gasteiger partial charge is 0.227 e. The van der Waals surface area contributed by atoms with E-state index in [1.807, 2.05) is 48.5 Å². The van der Waals surface area contributed by atoms with Gasteiger partial charge in [0.15, 0.2) is 5.58 Å². The van der Waals surface area contributed by atoms with Crippen molar-refractivity contribution in [2.24, 2.45) is 0 Å². The molecule has 0 bridgehead atoms. The highest BCUT2D eigenvalue weighted by atomic mass is 16.4. The second-order valence-corrected chi connectivity index (χ2v) is 14.4. The molecule has 2 aromatic heterocycles. The minimum Gasteiger partial charge on any atom is -0.455 e. The molecule has 9 aromatic carbocycles. The first kappa shape index (κ1) is 32.7. The minimum absolute atomic E-state index is 0.581. The Bertz CT molecular complexity index is 3200. The Morgan fingerprint density at radius 1 is 0.351 bits per heavy atom. The van der Waals surface area contributed by atoms with Crippen LogP contribution in [-0.2, 0) is 0 Å². The second kappa shape index (κ2) is 13.6. The SMILES string of the molecule is c1ccc(-c2ccc(N(c3ccc(-c4ccc5ccccc5c4)cc3)c3ccc(-c4c5oc(-c6ccccc6)nc5cc5c4oc4ccccc45)cc3)cc2)cc1. The van der Waals surface area contributed by atoms with Gasteiger partial charge in [0.25, 0.3) is 0 Å². The molecular formula is C53H34N2O2. The van der Waals surface area contributed by atoms with Crippen molar-refractivity contribution in [2.45, 2.75) is 0 Å². The molecule has 0 radical (unpaired) electrons. The zero-order valence-corrected chi connectivity index (χ0v) is 30.8. The summed E-state index contributed by atoms with van der Waals surface area (Å²) in [6.07, 6.45) is 0. The number of oxazole rings is 1. The molecule has 0 N–H and O–H groups in total. The third-order valence-corrected chi connectivity index (χ3v) is 10.9. The molecule has 0 aliphatic heterocycles. The molecule has 0 aliphatic carbocycles. The summed E-state index contributed by atoms with van der Waals surface area (Å²) < 4.78 is 13.2. The van der Waals surface area contributed by atoms with Crippen LogP contribution >= 0.6 is 0 Å². The lowest BCUT2D eigenvalue weighted by Crippen LogP contribution is -2.09. The number of hydrogen-bond acceptors (Lipinski definition) is 4. The normalized spacial score (nSPS) is 11.5. The first-order valence-electron chi connectivity index (χ1n) is 19.2. The van der Waals surface area contributed by atoms with Crippen molar-refractivity contribution in [2.75, 3.05) is 4.90 Å².